The summed E-state index contributed by atoms with van der Waals surface area (Å²) in [5.41, 5.74) is 2.77. The molecule has 2 amide bonds. The zero-order valence-electron chi connectivity index (χ0n) is 14.5. The van der Waals surface area contributed by atoms with Crippen LogP contribution in [0, 0.1) is 0 Å². The molecule has 0 aliphatic rings. The van der Waals surface area contributed by atoms with Gasteiger partial charge in [-0.25, -0.2) is 0 Å². The van der Waals surface area contributed by atoms with Crippen LogP contribution in [0.1, 0.15) is 53.0 Å². The number of nitrogens with one attached hydrogen (secondary N) is 2. The third-order valence-corrected chi connectivity index (χ3v) is 3.72. The first kappa shape index (κ1) is 18.4. The van der Waals surface area contributed by atoms with Gasteiger partial charge in [-0.3, -0.25) is 14.4 Å². The highest BCUT2D eigenvalue weighted by Crippen LogP contribution is 2.11. The summed E-state index contributed by atoms with van der Waals surface area (Å²) >= 11 is 0. The Bertz CT molecular complexity index is 750. The maximum Gasteiger partial charge on any atom is 0.251 e. The molecule has 0 spiro atoms. The third kappa shape index (κ3) is 5.57. The van der Waals surface area contributed by atoms with E-state index in [1.165, 1.54) is 6.92 Å². The molecule has 5 heteroatoms. The molecule has 0 atom stereocenters. The van der Waals surface area contributed by atoms with E-state index in [1.807, 2.05) is 31.2 Å². The van der Waals surface area contributed by atoms with Crippen LogP contribution in [0.5, 0.6) is 0 Å². The van der Waals surface area contributed by atoms with Crippen molar-refractivity contribution in [3.8, 4) is 0 Å². The molecule has 0 saturated heterocycles. The van der Waals surface area contributed by atoms with Crippen LogP contribution in [0.25, 0.3) is 0 Å². The fraction of sp³-hybridized carbons (Fsp3) is 0.250. The normalized spacial score (nSPS) is 10.2. The van der Waals surface area contributed by atoms with Crippen molar-refractivity contribution in [2.45, 2.75) is 33.2 Å². The van der Waals surface area contributed by atoms with Crippen LogP contribution in [0.3, 0.4) is 0 Å². The van der Waals surface area contributed by atoms with E-state index in [-0.39, 0.29) is 17.6 Å². The van der Waals surface area contributed by atoms with Crippen molar-refractivity contribution in [1.82, 2.24) is 5.32 Å². The highest BCUT2D eigenvalue weighted by Gasteiger charge is 2.07. The third-order valence-electron chi connectivity index (χ3n) is 3.72. The predicted octanol–water partition coefficient (Wildman–Crippen LogP) is 3.56. The first-order valence-electron chi connectivity index (χ1n) is 8.27. The molecule has 2 aromatic rings. The van der Waals surface area contributed by atoms with Gasteiger partial charge in [0, 0.05) is 29.8 Å². The largest absolute Gasteiger partial charge is 0.348 e. The zero-order chi connectivity index (χ0) is 18.2. The van der Waals surface area contributed by atoms with Crippen molar-refractivity contribution in [2.75, 3.05) is 5.32 Å². The Morgan fingerprint density at radius 2 is 1.48 bits per heavy atom. The van der Waals surface area contributed by atoms with Crippen LogP contribution < -0.4 is 10.6 Å². The summed E-state index contributed by atoms with van der Waals surface area (Å²) in [6.45, 7) is 3.83. The lowest BCUT2D eigenvalue weighted by atomic mass is 10.1. The maximum absolute atomic E-state index is 12.1. The van der Waals surface area contributed by atoms with E-state index in [0.717, 1.165) is 17.7 Å². The minimum absolute atomic E-state index is 0.00226. The zero-order valence-corrected chi connectivity index (χ0v) is 14.5. The van der Waals surface area contributed by atoms with Crippen LogP contribution in [0.15, 0.2) is 48.5 Å². The Kier molecular flexibility index (Phi) is 6.46. The molecular weight excluding hydrogens is 316 g/mol. The minimum Gasteiger partial charge on any atom is -0.348 e. The highest BCUT2D eigenvalue weighted by atomic mass is 16.2. The number of carbonyl (C=O) groups excluding carboxylic acids is 3. The molecule has 0 aliphatic heterocycles. The quantitative estimate of drug-likeness (QED) is 0.758. The summed E-state index contributed by atoms with van der Waals surface area (Å²) in [4.78, 5) is 34.9. The second-order valence-electron chi connectivity index (χ2n) is 5.81. The molecule has 5 nitrogen and oxygen atoms in total. The lowest BCUT2D eigenvalue weighted by Gasteiger charge is -2.08. The summed E-state index contributed by atoms with van der Waals surface area (Å²) < 4.78 is 0. The first-order chi connectivity index (χ1) is 12.0. The van der Waals surface area contributed by atoms with Gasteiger partial charge in [0.25, 0.3) is 5.91 Å². The number of anilines is 1. The summed E-state index contributed by atoms with van der Waals surface area (Å²) in [6.07, 6.45) is 1.31. The number of rotatable bonds is 7. The molecule has 0 aromatic heterocycles. The van der Waals surface area contributed by atoms with Gasteiger partial charge in [0.2, 0.25) is 5.91 Å². The number of ketones is 1. The summed E-state index contributed by atoms with van der Waals surface area (Å²) in [5, 5.41) is 5.65. The van der Waals surface area contributed by atoms with E-state index in [0.29, 0.717) is 24.1 Å². The summed E-state index contributed by atoms with van der Waals surface area (Å²) in [5.74, 6) is -0.230. The van der Waals surface area contributed by atoms with Crippen molar-refractivity contribution in [3.05, 3.63) is 65.2 Å². The lowest BCUT2D eigenvalue weighted by molar-refractivity contribution is -0.116. The number of hydrogen-bond acceptors (Lipinski definition) is 3. The summed E-state index contributed by atoms with van der Waals surface area (Å²) in [6, 6.07) is 13.9. The fourth-order valence-electron chi connectivity index (χ4n) is 2.30. The van der Waals surface area contributed by atoms with Crippen molar-refractivity contribution in [3.63, 3.8) is 0 Å². The van der Waals surface area contributed by atoms with Crippen molar-refractivity contribution >= 4 is 23.3 Å². The van der Waals surface area contributed by atoms with Crippen LogP contribution >= 0.6 is 0 Å². The van der Waals surface area contributed by atoms with Gasteiger partial charge in [0.1, 0.15) is 0 Å². The second kappa shape index (κ2) is 8.78. The van der Waals surface area contributed by atoms with Crippen molar-refractivity contribution < 1.29 is 14.4 Å². The van der Waals surface area contributed by atoms with E-state index in [1.54, 1.807) is 24.3 Å². The molecule has 0 fully saturated rings. The molecule has 25 heavy (non-hydrogen) atoms. The first-order valence-corrected chi connectivity index (χ1v) is 8.27. The van der Waals surface area contributed by atoms with Gasteiger partial charge in [-0.1, -0.05) is 31.2 Å². The molecule has 0 heterocycles. The average Bonchev–Trinajstić information content (AvgIpc) is 2.61. The van der Waals surface area contributed by atoms with Gasteiger partial charge >= 0.3 is 0 Å². The standard InChI is InChI=1S/C20H22N2O3/c1-3-4-19(24)22-18-11-5-15(6-12-18)13-21-20(25)17-9-7-16(8-10-17)14(2)23/h5-12H,3-4,13H2,1-2H3,(H,21,25)(H,22,24). The Hall–Kier alpha value is -2.95. The molecule has 0 radical (unpaired) electrons. The van der Waals surface area contributed by atoms with E-state index < -0.39 is 0 Å². The van der Waals surface area contributed by atoms with Gasteiger partial charge < -0.3 is 10.6 Å². The smallest absolute Gasteiger partial charge is 0.251 e. The van der Waals surface area contributed by atoms with E-state index in [9.17, 15) is 14.4 Å². The minimum atomic E-state index is -0.199. The lowest BCUT2D eigenvalue weighted by Crippen LogP contribution is -2.22. The number of hydrogen-bond donors (Lipinski definition) is 2. The molecule has 2 rings (SSSR count). The molecule has 2 N–H and O–H groups in total. The number of amides is 2. The van der Waals surface area contributed by atoms with E-state index >= 15 is 0 Å². The molecule has 0 aliphatic carbocycles. The van der Waals surface area contributed by atoms with Crippen LogP contribution in [-0.2, 0) is 11.3 Å². The van der Waals surface area contributed by atoms with Crippen LogP contribution in [-0.4, -0.2) is 17.6 Å². The topological polar surface area (TPSA) is 75.3 Å². The van der Waals surface area contributed by atoms with Crippen molar-refractivity contribution in [1.29, 1.82) is 0 Å². The molecule has 0 unspecified atom stereocenters. The van der Waals surface area contributed by atoms with Gasteiger partial charge in [-0.05, 0) is 43.2 Å². The van der Waals surface area contributed by atoms with Gasteiger partial charge in [-0.2, -0.15) is 0 Å². The summed E-state index contributed by atoms with van der Waals surface area (Å²) in [7, 11) is 0. The number of Topliss-reactive ketones (excluding diaryl/α,β-unsaturated/α-hetero) is 1. The van der Waals surface area contributed by atoms with Gasteiger partial charge in [0.15, 0.2) is 5.78 Å². The molecule has 0 saturated carbocycles. The Morgan fingerprint density at radius 1 is 0.880 bits per heavy atom. The fourth-order valence-corrected chi connectivity index (χ4v) is 2.30. The van der Waals surface area contributed by atoms with Crippen molar-refractivity contribution in [2.24, 2.45) is 0 Å². The second-order valence-corrected chi connectivity index (χ2v) is 5.81. The molecule has 130 valence electrons. The van der Waals surface area contributed by atoms with Gasteiger partial charge in [0.05, 0.1) is 0 Å². The average molecular weight is 338 g/mol. The van der Waals surface area contributed by atoms with Crippen LogP contribution in [0.4, 0.5) is 5.69 Å². The Labute approximate surface area is 147 Å². The number of carbonyl (C=O) groups is 3. The molecule has 2 aromatic carbocycles. The number of benzene rings is 2. The predicted molar refractivity (Wildman–Crippen MR) is 97.6 cm³/mol. The van der Waals surface area contributed by atoms with Crippen LogP contribution in [0.2, 0.25) is 0 Å². The molecule has 0 bridgehead atoms. The monoisotopic (exact) mass is 338 g/mol. The highest BCUT2D eigenvalue weighted by molar-refractivity contribution is 5.97. The van der Waals surface area contributed by atoms with Gasteiger partial charge in [-0.15, -0.1) is 0 Å². The SMILES string of the molecule is CCCC(=O)Nc1ccc(CNC(=O)c2ccc(C(C)=O)cc2)cc1. The maximum atomic E-state index is 12.1. The van der Waals surface area contributed by atoms with E-state index in [2.05, 4.69) is 10.6 Å². The Balaban J connectivity index is 1.89. The van der Waals surface area contributed by atoms with E-state index in [4.69, 9.17) is 0 Å². The Morgan fingerprint density at radius 3 is 2.04 bits per heavy atom. The molecular formula is C20H22N2O3.